The molecule has 6 nitrogen and oxygen atoms in total. The van der Waals surface area contributed by atoms with E-state index < -0.39 is 4.92 Å². The van der Waals surface area contributed by atoms with E-state index in [9.17, 15) is 10.1 Å². The van der Waals surface area contributed by atoms with Gasteiger partial charge >= 0.3 is 0 Å². The maximum atomic E-state index is 10.6. The van der Waals surface area contributed by atoms with Crippen molar-refractivity contribution in [2.75, 3.05) is 6.54 Å². The van der Waals surface area contributed by atoms with Crippen LogP contribution >= 0.6 is 0 Å². The third kappa shape index (κ3) is 5.25. The lowest BCUT2D eigenvalue weighted by molar-refractivity contribution is -0.384. The number of hydrogen-bond donors (Lipinski definition) is 2. The Kier molecular flexibility index (Phi) is 4.92. The van der Waals surface area contributed by atoms with Crippen LogP contribution in [0.25, 0.3) is 0 Å². The minimum absolute atomic E-state index is 0.0967. The van der Waals surface area contributed by atoms with Crippen LogP contribution in [0.2, 0.25) is 0 Å². The molecular formula is C15H20N4O2. The van der Waals surface area contributed by atoms with Crippen LogP contribution < -0.4 is 10.6 Å². The zero-order chi connectivity index (χ0) is 15.2. The van der Waals surface area contributed by atoms with Crippen LogP contribution in [0.1, 0.15) is 25.3 Å². The summed E-state index contributed by atoms with van der Waals surface area (Å²) in [6.45, 7) is 6.98. The SMILES string of the molecule is C=C(C)CNC(=NCc1ccc([N+](=O)[O-])cc1)NC1CC1. The van der Waals surface area contributed by atoms with Gasteiger partial charge in [0.2, 0.25) is 0 Å². The summed E-state index contributed by atoms with van der Waals surface area (Å²) in [7, 11) is 0. The lowest BCUT2D eigenvalue weighted by Crippen LogP contribution is -2.39. The highest BCUT2D eigenvalue weighted by molar-refractivity contribution is 5.80. The first-order valence-corrected chi connectivity index (χ1v) is 6.97. The highest BCUT2D eigenvalue weighted by Crippen LogP contribution is 2.18. The van der Waals surface area contributed by atoms with Crippen LogP contribution in [0.3, 0.4) is 0 Å². The van der Waals surface area contributed by atoms with Gasteiger partial charge in [0.1, 0.15) is 0 Å². The molecule has 2 N–H and O–H groups in total. The predicted octanol–water partition coefficient (Wildman–Crippen LogP) is 2.37. The van der Waals surface area contributed by atoms with E-state index >= 15 is 0 Å². The molecule has 0 atom stereocenters. The number of nitrogens with one attached hydrogen (secondary N) is 2. The second-order valence-electron chi connectivity index (χ2n) is 5.32. The Bertz CT molecular complexity index is 547. The van der Waals surface area contributed by atoms with Crippen molar-refractivity contribution in [1.29, 1.82) is 0 Å². The number of hydrogen-bond acceptors (Lipinski definition) is 3. The fourth-order valence-electron chi connectivity index (χ4n) is 1.70. The molecule has 1 aliphatic carbocycles. The van der Waals surface area contributed by atoms with Crippen LogP contribution in [0, 0.1) is 10.1 Å². The third-order valence-electron chi connectivity index (χ3n) is 3.04. The number of non-ortho nitro benzene ring substituents is 1. The summed E-state index contributed by atoms with van der Waals surface area (Å²) in [5.74, 6) is 0.763. The maximum absolute atomic E-state index is 10.6. The Balaban J connectivity index is 1.96. The van der Waals surface area contributed by atoms with Gasteiger partial charge in [-0.15, -0.1) is 0 Å². The van der Waals surface area contributed by atoms with Crippen molar-refractivity contribution in [1.82, 2.24) is 10.6 Å². The highest BCUT2D eigenvalue weighted by atomic mass is 16.6. The van der Waals surface area contributed by atoms with Gasteiger partial charge in [0, 0.05) is 24.7 Å². The molecule has 0 bridgehead atoms. The Morgan fingerprint density at radius 2 is 2.10 bits per heavy atom. The minimum Gasteiger partial charge on any atom is -0.354 e. The van der Waals surface area contributed by atoms with Crippen LogP contribution in [-0.4, -0.2) is 23.5 Å². The van der Waals surface area contributed by atoms with Crippen LogP contribution in [0.15, 0.2) is 41.4 Å². The van der Waals surface area contributed by atoms with E-state index in [0.717, 1.165) is 17.1 Å². The lowest BCUT2D eigenvalue weighted by atomic mass is 10.2. The Morgan fingerprint density at radius 3 is 2.62 bits per heavy atom. The van der Waals surface area contributed by atoms with Crippen molar-refractivity contribution in [2.45, 2.75) is 32.4 Å². The van der Waals surface area contributed by atoms with Crippen molar-refractivity contribution in [3.8, 4) is 0 Å². The van der Waals surface area contributed by atoms with Gasteiger partial charge in [0.05, 0.1) is 11.5 Å². The van der Waals surface area contributed by atoms with Gasteiger partial charge in [-0.05, 0) is 25.3 Å². The number of nitrogens with zero attached hydrogens (tertiary/aromatic N) is 2. The monoisotopic (exact) mass is 288 g/mol. The average molecular weight is 288 g/mol. The first-order chi connectivity index (χ1) is 10.0. The van der Waals surface area contributed by atoms with Crippen molar-refractivity contribution in [3.05, 3.63) is 52.1 Å². The van der Waals surface area contributed by atoms with E-state index in [1.54, 1.807) is 12.1 Å². The number of nitro groups is 1. The summed E-state index contributed by atoms with van der Waals surface area (Å²) in [6, 6.07) is 6.98. The van der Waals surface area contributed by atoms with Crippen molar-refractivity contribution >= 4 is 11.6 Å². The zero-order valence-corrected chi connectivity index (χ0v) is 12.1. The van der Waals surface area contributed by atoms with E-state index in [0.29, 0.717) is 19.1 Å². The number of rotatable bonds is 6. The molecule has 0 radical (unpaired) electrons. The standard InChI is InChI=1S/C15H20N4O2/c1-11(2)9-16-15(18-13-5-6-13)17-10-12-3-7-14(8-4-12)19(20)21/h3-4,7-8,13H,1,5-6,9-10H2,2H3,(H2,16,17,18). The van der Waals surface area contributed by atoms with Crippen molar-refractivity contribution < 1.29 is 4.92 Å². The predicted molar refractivity (Wildman–Crippen MR) is 83.2 cm³/mol. The van der Waals surface area contributed by atoms with E-state index in [2.05, 4.69) is 22.2 Å². The maximum Gasteiger partial charge on any atom is 0.269 e. The average Bonchev–Trinajstić information content (AvgIpc) is 3.26. The molecule has 21 heavy (non-hydrogen) atoms. The van der Waals surface area contributed by atoms with Gasteiger partial charge < -0.3 is 10.6 Å². The van der Waals surface area contributed by atoms with Crippen molar-refractivity contribution in [3.63, 3.8) is 0 Å². The summed E-state index contributed by atoms with van der Waals surface area (Å²) < 4.78 is 0. The van der Waals surface area contributed by atoms with Gasteiger partial charge in [-0.25, -0.2) is 4.99 Å². The van der Waals surface area contributed by atoms with Crippen LogP contribution in [0.5, 0.6) is 0 Å². The molecule has 1 aromatic rings. The molecular weight excluding hydrogens is 268 g/mol. The first kappa shape index (κ1) is 15.0. The zero-order valence-electron chi connectivity index (χ0n) is 12.1. The molecule has 1 aliphatic rings. The second-order valence-corrected chi connectivity index (χ2v) is 5.32. The molecule has 0 amide bonds. The molecule has 2 rings (SSSR count). The second kappa shape index (κ2) is 6.88. The summed E-state index contributed by atoms with van der Waals surface area (Å²) in [5.41, 5.74) is 2.07. The molecule has 0 unspecified atom stereocenters. The Morgan fingerprint density at radius 1 is 1.43 bits per heavy atom. The smallest absolute Gasteiger partial charge is 0.269 e. The van der Waals surface area contributed by atoms with E-state index in [1.165, 1.54) is 25.0 Å². The largest absolute Gasteiger partial charge is 0.354 e. The van der Waals surface area contributed by atoms with Gasteiger partial charge in [0.15, 0.2) is 5.96 Å². The van der Waals surface area contributed by atoms with E-state index in [4.69, 9.17) is 0 Å². The minimum atomic E-state index is -0.401. The summed E-state index contributed by atoms with van der Waals surface area (Å²) in [4.78, 5) is 14.7. The lowest BCUT2D eigenvalue weighted by Gasteiger charge is -2.11. The number of guanidine groups is 1. The Hall–Kier alpha value is -2.37. The molecule has 1 aromatic carbocycles. The summed E-state index contributed by atoms with van der Waals surface area (Å²) in [6.07, 6.45) is 2.34. The quantitative estimate of drug-likeness (QED) is 0.277. The normalized spacial score (nSPS) is 14.6. The van der Waals surface area contributed by atoms with Crippen LogP contribution in [0.4, 0.5) is 5.69 Å². The first-order valence-electron chi connectivity index (χ1n) is 6.97. The molecule has 0 saturated heterocycles. The molecule has 0 aromatic heterocycles. The third-order valence-corrected chi connectivity index (χ3v) is 3.04. The van der Waals surface area contributed by atoms with E-state index in [1.807, 2.05) is 6.92 Å². The van der Waals surface area contributed by atoms with Gasteiger partial charge in [-0.3, -0.25) is 10.1 Å². The summed E-state index contributed by atoms with van der Waals surface area (Å²) in [5, 5.41) is 17.2. The molecule has 0 spiro atoms. The summed E-state index contributed by atoms with van der Waals surface area (Å²) >= 11 is 0. The van der Waals surface area contributed by atoms with Gasteiger partial charge in [0.25, 0.3) is 5.69 Å². The molecule has 6 heteroatoms. The fraction of sp³-hybridized carbons (Fsp3) is 0.400. The van der Waals surface area contributed by atoms with Crippen LogP contribution in [-0.2, 0) is 6.54 Å². The molecule has 1 fully saturated rings. The molecule has 112 valence electrons. The molecule has 1 saturated carbocycles. The molecule has 0 heterocycles. The Labute approximate surface area is 124 Å². The number of benzene rings is 1. The molecule has 0 aliphatic heterocycles. The fourth-order valence-corrected chi connectivity index (χ4v) is 1.70. The van der Waals surface area contributed by atoms with Gasteiger partial charge in [-0.1, -0.05) is 24.3 Å². The topological polar surface area (TPSA) is 79.6 Å². The van der Waals surface area contributed by atoms with Gasteiger partial charge in [-0.2, -0.15) is 0 Å². The number of aliphatic imine (C=N–C) groups is 1. The highest BCUT2D eigenvalue weighted by Gasteiger charge is 2.22. The van der Waals surface area contributed by atoms with E-state index in [-0.39, 0.29) is 5.69 Å². The van der Waals surface area contributed by atoms with Crippen molar-refractivity contribution in [2.24, 2.45) is 4.99 Å². The number of nitro benzene ring substituents is 1.